The number of hydrogen-bond donors (Lipinski definition) is 0. The second-order valence-corrected chi connectivity index (χ2v) is 14.8. The molecule has 2 heterocycles. The number of benzene rings is 9. The molecule has 0 N–H and O–H groups in total. The minimum Gasteiger partial charge on any atom is -0.455 e. The number of anilines is 3. The standard InChI is InChI=1S/C50H31NOS/c1-2-9-32(10-3-1)34-19-24-39(25-20-34)51(40-26-21-35(22-27-40)38-18-17-33-11-4-5-13-37(33)31-38)43-15-8-16-45-48(43)49-46(53-45)30-29-44-47(49)42-28-23-36-12-6-7-14-41(36)50(42)52-44/h1-31H. The van der Waals surface area contributed by atoms with Crippen molar-refractivity contribution in [3.05, 3.63) is 188 Å². The van der Waals surface area contributed by atoms with Gasteiger partial charge >= 0.3 is 0 Å². The molecule has 0 aliphatic carbocycles. The van der Waals surface area contributed by atoms with Crippen molar-refractivity contribution in [3.8, 4) is 22.3 Å². The first-order valence-electron chi connectivity index (χ1n) is 18.0. The third kappa shape index (κ3) is 4.86. The van der Waals surface area contributed by atoms with Crippen molar-refractivity contribution in [2.75, 3.05) is 4.90 Å². The molecule has 53 heavy (non-hydrogen) atoms. The minimum absolute atomic E-state index is 0.914. The molecule has 0 saturated heterocycles. The van der Waals surface area contributed by atoms with Crippen LogP contribution >= 0.6 is 11.3 Å². The molecule has 11 rings (SSSR count). The molecule has 0 amide bonds. The molecule has 0 saturated carbocycles. The van der Waals surface area contributed by atoms with Crippen LogP contribution in [0.15, 0.2) is 192 Å². The molecule has 0 aliphatic rings. The van der Waals surface area contributed by atoms with Gasteiger partial charge < -0.3 is 9.32 Å². The smallest absolute Gasteiger partial charge is 0.143 e. The average Bonchev–Trinajstić information content (AvgIpc) is 3.81. The summed E-state index contributed by atoms with van der Waals surface area (Å²) in [6.07, 6.45) is 0. The van der Waals surface area contributed by atoms with Crippen molar-refractivity contribution in [3.63, 3.8) is 0 Å². The number of nitrogens with zero attached hydrogens (tertiary/aromatic N) is 1. The summed E-state index contributed by atoms with van der Waals surface area (Å²) < 4.78 is 9.19. The lowest BCUT2D eigenvalue weighted by molar-refractivity contribution is 0.673. The van der Waals surface area contributed by atoms with E-state index in [0.29, 0.717) is 0 Å². The Morgan fingerprint density at radius 1 is 0.377 bits per heavy atom. The van der Waals surface area contributed by atoms with E-state index in [9.17, 15) is 0 Å². The van der Waals surface area contributed by atoms with E-state index in [1.807, 2.05) is 11.3 Å². The Morgan fingerprint density at radius 3 is 1.79 bits per heavy atom. The summed E-state index contributed by atoms with van der Waals surface area (Å²) in [6.45, 7) is 0. The third-order valence-corrected chi connectivity index (χ3v) is 11.8. The zero-order chi connectivity index (χ0) is 34.9. The topological polar surface area (TPSA) is 16.4 Å². The second-order valence-electron chi connectivity index (χ2n) is 13.7. The van der Waals surface area contributed by atoms with Gasteiger partial charge in [-0.05, 0) is 99.1 Å². The van der Waals surface area contributed by atoms with E-state index in [1.165, 1.54) is 64.0 Å². The first kappa shape index (κ1) is 30.0. The first-order chi connectivity index (χ1) is 26.3. The summed E-state index contributed by atoms with van der Waals surface area (Å²) in [6, 6.07) is 67.9. The molecule has 3 heteroatoms. The van der Waals surface area contributed by atoms with Crippen LogP contribution in [0.3, 0.4) is 0 Å². The van der Waals surface area contributed by atoms with E-state index in [1.54, 1.807) is 0 Å². The largest absolute Gasteiger partial charge is 0.455 e. The Morgan fingerprint density at radius 2 is 1.00 bits per heavy atom. The van der Waals surface area contributed by atoms with E-state index in [0.717, 1.165) is 39.0 Å². The van der Waals surface area contributed by atoms with Crippen molar-refractivity contribution in [2.24, 2.45) is 0 Å². The van der Waals surface area contributed by atoms with E-state index in [4.69, 9.17) is 4.42 Å². The van der Waals surface area contributed by atoms with E-state index < -0.39 is 0 Å². The van der Waals surface area contributed by atoms with Crippen LogP contribution in [0.25, 0.3) is 85.9 Å². The number of furan rings is 1. The third-order valence-electron chi connectivity index (χ3n) is 10.6. The lowest BCUT2D eigenvalue weighted by Gasteiger charge is -2.27. The van der Waals surface area contributed by atoms with Crippen molar-refractivity contribution >= 4 is 92.1 Å². The Balaban J connectivity index is 1.14. The summed E-state index contributed by atoms with van der Waals surface area (Å²) in [5.74, 6) is 0. The predicted molar refractivity (Wildman–Crippen MR) is 227 cm³/mol. The molecule has 0 bridgehead atoms. The molecular weight excluding hydrogens is 663 g/mol. The summed E-state index contributed by atoms with van der Waals surface area (Å²) in [7, 11) is 0. The summed E-state index contributed by atoms with van der Waals surface area (Å²) in [4.78, 5) is 2.42. The molecule has 11 aromatic rings. The van der Waals surface area contributed by atoms with Gasteiger partial charge in [0.25, 0.3) is 0 Å². The number of fused-ring (bicyclic) bond motifs is 10. The van der Waals surface area contributed by atoms with Crippen LogP contribution in [0.1, 0.15) is 0 Å². The van der Waals surface area contributed by atoms with Gasteiger partial charge in [-0.25, -0.2) is 0 Å². The quantitative estimate of drug-likeness (QED) is 0.178. The molecule has 0 fully saturated rings. The first-order valence-corrected chi connectivity index (χ1v) is 18.8. The molecule has 0 radical (unpaired) electrons. The molecule has 0 atom stereocenters. The Labute approximate surface area is 310 Å². The minimum atomic E-state index is 0.914. The summed E-state index contributed by atoms with van der Waals surface area (Å²) in [5, 5.41) is 9.62. The number of hydrogen-bond acceptors (Lipinski definition) is 3. The molecule has 0 unspecified atom stereocenters. The normalized spacial score (nSPS) is 11.8. The van der Waals surface area contributed by atoms with Crippen molar-refractivity contribution < 1.29 is 4.42 Å². The molecule has 2 aromatic heterocycles. The van der Waals surface area contributed by atoms with Gasteiger partial charge in [-0.1, -0.05) is 127 Å². The maximum Gasteiger partial charge on any atom is 0.143 e. The van der Waals surface area contributed by atoms with Crippen LogP contribution in [-0.4, -0.2) is 0 Å². The molecule has 2 nitrogen and oxygen atoms in total. The van der Waals surface area contributed by atoms with Crippen LogP contribution in [0, 0.1) is 0 Å². The zero-order valence-corrected chi connectivity index (χ0v) is 29.5. The Kier molecular flexibility index (Phi) is 6.76. The van der Waals surface area contributed by atoms with Gasteiger partial charge in [0.15, 0.2) is 0 Å². The number of thiophene rings is 1. The van der Waals surface area contributed by atoms with Crippen LogP contribution in [0.4, 0.5) is 17.1 Å². The second kappa shape index (κ2) is 11.9. The van der Waals surface area contributed by atoms with Crippen molar-refractivity contribution in [1.29, 1.82) is 0 Å². The fraction of sp³-hybridized carbons (Fsp3) is 0. The van der Waals surface area contributed by atoms with Gasteiger partial charge in [-0.2, -0.15) is 0 Å². The Hall–Kier alpha value is -6.68. The van der Waals surface area contributed by atoms with Gasteiger partial charge in [0.05, 0.1) is 5.69 Å². The highest BCUT2D eigenvalue weighted by atomic mass is 32.1. The summed E-state index contributed by atoms with van der Waals surface area (Å²) in [5.41, 5.74) is 10.0. The highest BCUT2D eigenvalue weighted by Crippen LogP contribution is 2.49. The fourth-order valence-corrected chi connectivity index (χ4v) is 9.24. The van der Waals surface area contributed by atoms with Crippen molar-refractivity contribution in [1.82, 2.24) is 0 Å². The zero-order valence-electron chi connectivity index (χ0n) is 28.7. The Bertz CT molecular complexity index is 3150. The van der Waals surface area contributed by atoms with Gasteiger partial charge in [-0.15, -0.1) is 11.3 Å². The lowest BCUT2D eigenvalue weighted by Crippen LogP contribution is -2.10. The van der Waals surface area contributed by atoms with Crippen molar-refractivity contribution in [2.45, 2.75) is 0 Å². The lowest BCUT2D eigenvalue weighted by atomic mass is 10.00. The maximum absolute atomic E-state index is 6.69. The van der Waals surface area contributed by atoms with E-state index in [2.05, 4.69) is 193 Å². The van der Waals surface area contributed by atoms with Crippen LogP contribution < -0.4 is 4.90 Å². The molecular formula is C50H31NOS. The fourth-order valence-electron chi connectivity index (χ4n) is 8.10. The van der Waals surface area contributed by atoms with Gasteiger partial charge in [0.2, 0.25) is 0 Å². The molecule has 0 spiro atoms. The number of rotatable bonds is 5. The van der Waals surface area contributed by atoms with Gasteiger partial charge in [-0.3, -0.25) is 0 Å². The molecule has 0 aliphatic heterocycles. The van der Waals surface area contributed by atoms with E-state index in [-0.39, 0.29) is 0 Å². The highest BCUT2D eigenvalue weighted by molar-refractivity contribution is 7.26. The van der Waals surface area contributed by atoms with Crippen LogP contribution in [0.2, 0.25) is 0 Å². The predicted octanol–water partition coefficient (Wildman–Crippen LogP) is 15.1. The van der Waals surface area contributed by atoms with Crippen LogP contribution in [-0.2, 0) is 0 Å². The highest BCUT2D eigenvalue weighted by Gasteiger charge is 2.22. The van der Waals surface area contributed by atoms with Gasteiger partial charge in [0.1, 0.15) is 11.2 Å². The maximum atomic E-state index is 6.69. The monoisotopic (exact) mass is 693 g/mol. The van der Waals surface area contributed by atoms with Crippen LogP contribution in [0.5, 0.6) is 0 Å². The summed E-state index contributed by atoms with van der Waals surface area (Å²) >= 11 is 1.85. The SMILES string of the molecule is c1ccc(-c2ccc(N(c3ccc(-c4ccc5ccccc5c4)cc3)c3cccc4sc5ccc6oc7c8ccccc8ccc7c6c5c34)cc2)cc1. The van der Waals surface area contributed by atoms with Gasteiger partial charge in [0, 0.05) is 47.7 Å². The molecule has 9 aromatic carbocycles. The van der Waals surface area contributed by atoms with E-state index >= 15 is 0 Å². The average molecular weight is 694 g/mol. The molecule has 248 valence electrons.